The van der Waals surface area contributed by atoms with Crippen LogP contribution in [-0.2, 0) is 16.0 Å². The summed E-state index contributed by atoms with van der Waals surface area (Å²) in [6.45, 7) is 4.68. The number of amides is 2. The van der Waals surface area contributed by atoms with Crippen LogP contribution in [0.15, 0.2) is 40.5 Å². The van der Waals surface area contributed by atoms with Gasteiger partial charge < -0.3 is 15.2 Å². The lowest BCUT2D eigenvalue weighted by molar-refractivity contribution is -0.154. The zero-order chi connectivity index (χ0) is 19.2. The van der Waals surface area contributed by atoms with Gasteiger partial charge in [-0.05, 0) is 42.8 Å². The third-order valence-corrected chi connectivity index (χ3v) is 6.94. The molecule has 0 radical (unpaired) electrons. The fraction of sp³-hybridized carbons (Fsp3) is 0.429. The van der Waals surface area contributed by atoms with E-state index in [9.17, 15) is 9.59 Å². The summed E-state index contributed by atoms with van der Waals surface area (Å²) in [6, 6.07) is 7.53. The first-order valence-corrected chi connectivity index (χ1v) is 10.2. The molecule has 1 aromatic carbocycles. The predicted molar refractivity (Wildman–Crippen MR) is 110 cm³/mol. The first-order valence-electron chi connectivity index (χ1n) is 9.42. The van der Waals surface area contributed by atoms with Crippen LogP contribution in [0.3, 0.4) is 0 Å². The van der Waals surface area contributed by atoms with E-state index in [4.69, 9.17) is 0 Å². The van der Waals surface area contributed by atoms with Gasteiger partial charge in [-0.2, -0.15) is 0 Å². The van der Waals surface area contributed by atoms with E-state index in [1.54, 1.807) is 0 Å². The minimum atomic E-state index is -0.746. The zero-order valence-corrected chi connectivity index (χ0v) is 17.2. The van der Waals surface area contributed by atoms with Gasteiger partial charge >= 0.3 is 0 Å². The number of aromatic amines is 1. The van der Waals surface area contributed by atoms with Gasteiger partial charge in [0.1, 0.15) is 11.6 Å². The standard InChI is InChI=1S/C21H24BrN3O2/c1-13(2)16(22)11-21-8-5-9-25(21)19(26)18(24-20(21)27)10-14-12-23-17-7-4-3-6-15(14)17/h3-4,6-7,12,18,23H,5,8-11H2,1-2H3,(H,24,27)/t18-,21?/m0/s1. The first-order chi connectivity index (χ1) is 12.9. The van der Waals surface area contributed by atoms with Crippen LogP contribution in [0, 0.1) is 0 Å². The monoisotopic (exact) mass is 429 g/mol. The molecule has 27 heavy (non-hydrogen) atoms. The van der Waals surface area contributed by atoms with E-state index < -0.39 is 11.6 Å². The molecule has 2 amide bonds. The van der Waals surface area contributed by atoms with E-state index in [-0.39, 0.29) is 11.8 Å². The number of nitrogens with zero attached hydrogens (tertiary/aromatic N) is 1. The fourth-order valence-corrected chi connectivity index (χ4v) is 4.80. The molecule has 0 spiro atoms. The van der Waals surface area contributed by atoms with E-state index in [1.165, 1.54) is 0 Å². The second-order valence-corrected chi connectivity index (χ2v) is 8.75. The van der Waals surface area contributed by atoms with Crippen molar-refractivity contribution >= 4 is 38.6 Å². The van der Waals surface area contributed by atoms with Crippen LogP contribution in [0.25, 0.3) is 10.9 Å². The van der Waals surface area contributed by atoms with Gasteiger partial charge in [0.25, 0.3) is 0 Å². The van der Waals surface area contributed by atoms with Crippen molar-refractivity contribution in [2.45, 2.75) is 51.1 Å². The maximum atomic E-state index is 13.2. The smallest absolute Gasteiger partial charge is 0.247 e. The summed E-state index contributed by atoms with van der Waals surface area (Å²) in [7, 11) is 0. The number of nitrogens with one attached hydrogen (secondary N) is 2. The molecule has 0 saturated carbocycles. The Hall–Kier alpha value is -2.08. The number of para-hydroxylation sites is 1. The normalized spacial score (nSPS) is 24.9. The van der Waals surface area contributed by atoms with Crippen molar-refractivity contribution in [3.8, 4) is 0 Å². The number of rotatable bonds is 4. The molecule has 2 N–H and O–H groups in total. The highest BCUT2D eigenvalue weighted by Crippen LogP contribution is 2.40. The molecule has 2 atom stereocenters. The summed E-state index contributed by atoms with van der Waals surface area (Å²) in [6.07, 6.45) is 4.57. The largest absolute Gasteiger partial charge is 0.361 e. The molecule has 2 aliphatic rings. The summed E-state index contributed by atoms with van der Waals surface area (Å²) in [4.78, 5) is 31.5. The Labute approximate surface area is 167 Å². The zero-order valence-electron chi connectivity index (χ0n) is 15.6. The van der Waals surface area contributed by atoms with Gasteiger partial charge in [0.2, 0.25) is 11.8 Å². The number of carbonyl (C=O) groups is 2. The highest BCUT2D eigenvalue weighted by molar-refractivity contribution is 9.11. The fourth-order valence-electron chi connectivity index (χ4n) is 4.33. The number of allylic oxidation sites excluding steroid dienone is 1. The van der Waals surface area contributed by atoms with Gasteiger partial charge in [-0.15, -0.1) is 0 Å². The molecule has 0 aliphatic carbocycles. The highest BCUT2D eigenvalue weighted by Gasteiger charge is 2.55. The lowest BCUT2D eigenvalue weighted by Gasteiger charge is -2.44. The molecule has 0 bridgehead atoms. The Morgan fingerprint density at radius 3 is 2.85 bits per heavy atom. The number of halogens is 1. The number of hydrogen-bond acceptors (Lipinski definition) is 2. The number of carbonyl (C=O) groups excluding carboxylic acids is 2. The molecule has 6 heteroatoms. The number of hydrogen-bond donors (Lipinski definition) is 2. The van der Waals surface area contributed by atoms with Crippen molar-refractivity contribution in [2.75, 3.05) is 6.54 Å². The summed E-state index contributed by atoms with van der Waals surface area (Å²) < 4.78 is 1.01. The number of H-pyrrole nitrogens is 1. The van der Waals surface area contributed by atoms with Crippen LogP contribution in [0.1, 0.15) is 38.7 Å². The molecule has 1 aromatic heterocycles. The van der Waals surface area contributed by atoms with Crippen LogP contribution < -0.4 is 5.32 Å². The quantitative estimate of drug-likeness (QED) is 0.778. The maximum absolute atomic E-state index is 13.2. The third kappa shape index (κ3) is 3.00. The Balaban J connectivity index is 1.61. The number of aromatic nitrogens is 1. The van der Waals surface area contributed by atoms with Gasteiger partial charge in [0, 0.05) is 36.5 Å². The van der Waals surface area contributed by atoms with Crippen molar-refractivity contribution in [3.05, 3.63) is 46.1 Å². The van der Waals surface area contributed by atoms with Gasteiger partial charge in [-0.25, -0.2) is 0 Å². The number of benzene rings is 1. The van der Waals surface area contributed by atoms with Crippen LogP contribution in [-0.4, -0.2) is 39.8 Å². The first kappa shape index (κ1) is 18.3. The van der Waals surface area contributed by atoms with E-state index in [0.717, 1.165) is 32.9 Å². The molecule has 5 nitrogen and oxygen atoms in total. The topological polar surface area (TPSA) is 65.2 Å². The van der Waals surface area contributed by atoms with Gasteiger partial charge in [0.15, 0.2) is 0 Å². The van der Waals surface area contributed by atoms with Crippen molar-refractivity contribution in [2.24, 2.45) is 0 Å². The Morgan fingerprint density at radius 1 is 1.30 bits per heavy atom. The molecule has 2 fully saturated rings. The van der Waals surface area contributed by atoms with Crippen molar-refractivity contribution in [3.63, 3.8) is 0 Å². The van der Waals surface area contributed by atoms with Crippen LogP contribution >= 0.6 is 15.9 Å². The molecule has 142 valence electrons. The minimum absolute atomic E-state index is 0.0253. The summed E-state index contributed by atoms with van der Waals surface area (Å²) in [5, 5.41) is 4.14. The predicted octanol–water partition coefficient (Wildman–Crippen LogP) is 3.65. The van der Waals surface area contributed by atoms with Crippen molar-refractivity contribution in [1.29, 1.82) is 0 Å². The van der Waals surface area contributed by atoms with E-state index in [1.807, 2.05) is 49.2 Å². The summed E-state index contributed by atoms with van der Waals surface area (Å²) in [5.41, 5.74) is 2.49. The average molecular weight is 430 g/mol. The second-order valence-electron chi connectivity index (χ2n) is 7.80. The van der Waals surface area contributed by atoms with E-state index in [0.29, 0.717) is 25.8 Å². The summed E-state index contributed by atoms with van der Waals surface area (Å²) >= 11 is 3.60. The van der Waals surface area contributed by atoms with Crippen molar-refractivity contribution in [1.82, 2.24) is 15.2 Å². The van der Waals surface area contributed by atoms with Crippen LogP contribution in [0.5, 0.6) is 0 Å². The average Bonchev–Trinajstić information content (AvgIpc) is 3.25. The van der Waals surface area contributed by atoms with Crippen LogP contribution in [0.4, 0.5) is 0 Å². The molecule has 3 heterocycles. The molecular formula is C21H24BrN3O2. The SMILES string of the molecule is CC(C)=C(Br)CC12CCCN1C(=O)[C@H](Cc1c[nH]c3ccccc13)NC2=O. The highest BCUT2D eigenvalue weighted by atomic mass is 79.9. The molecule has 2 saturated heterocycles. The number of fused-ring (bicyclic) bond motifs is 2. The number of piperazine rings is 1. The summed E-state index contributed by atoms with van der Waals surface area (Å²) in [5.74, 6) is 0.00841. The molecule has 4 rings (SSSR count). The van der Waals surface area contributed by atoms with Gasteiger partial charge in [0.05, 0.1) is 0 Å². The van der Waals surface area contributed by atoms with Gasteiger partial charge in [-0.1, -0.05) is 39.7 Å². The maximum Gasteiger partial charge on any atom is 0.247 e. The second kappa shape index (κ2) is 6.82. The molecule has 2 aliphatic heterocycles. The third-order valence-electron chi connectivity index (χ3n) is 5.87. The molecule has 1 unspecified atom stereocenters. The Morgan fingerprint density at radius 2 is 2.07 bits per heavy atom. The lowest BCUT2D eigenvalue weighted by Crippen LogP contribution is -2.68. The van der Waals surface area contributed by atoms with Gasteiger partial charge in [-0.3, -0.25) is 9.59 Å². The van der Waals surface area contributed by atoms with Crippen molar-refractivity contribution < 1.29 is 9.59 Å². The van der Waals surface area contributed by atoms with E-state index in [2.05, 4.69) is 26.2 Å². The van der Waals surface area contributed by atoms with E-state index >= 15 is 0 Å². The Kier molecular flexibility index (Phi) is 4.62. The van der Waals surface area contributed by atoms with Crippen LogP contribution in [0.2, 0.25) is 0 Å². The lowest BCUT2D eigenvalue weighted by atomic mass is 9.86. The Bertz CT molecular complexity index is 944. The molecule has 2 aromatic rings. The molecular weight excluding hydrogens is 406 g/mol. The minimum Gasteiger partial charge on any atom is -0.361 e.